The van der Waals surface area contributed by atoms with Crippen molar-refractivity contribution in [2.24, 2.45) is 0 Å². The highest BCUT2D eigenvalue weighted by molar-refractivity contribution is 7.10. The van der Waals surface area contributed by atoms with Crippen LogP contribution in [0.5, 0.6) is 0 Å². The Morgan fingerprint density at radius 1 is 1.28 bits per heavy atom. The fourth-order valence-corrected chi connectivity index (χ4v) is 3.62. The van der Waals surface area contributed by atoms with E-state index in [0.29, 0.717) is 12.1 Å². The van der Waals surface area contributed by atoms with Crippen LogP contribution in [0.3, 0.4) is 0 Å². The summed E-state index contributed by atoms with van der Waals surface area (Å²) in [5.74, 6) is 0. The number of hydrogen-bond donors (Lipinski definition) is 1. The molecule has 3 heteroatoms. The minimum atomic E-state index is 0.430. The quantitative estimate of drug-likeness (QED) is 0.886. The molecular weight excluding hydrogens is 262 g/mol. The Morgan fingerprint density at radius 2 is 2.11 bits per heavy atom. The third kappa shape index (κ3) is 2.46. The topological polar surface area (TPSA) is 12.0 Å². The zero-order valence-corrected chi connectivity index (χ0v) is 11.9. The highest BCUT2D eigenvalue weighted by Crippen LogP contribution is 2.27. The van der Waals surface area contributed by atoms with Crippen molar-refractivity contribution in [1.29, 1.82) is 0 Å². The number of hydrogen-bond acceptors (Lipinski definition) is 2. The van der Waals surface area contributed by atoms with Gasteiger partial charge in [-0.2, -0.15) is 0 Å². The smallest absolute Gasteiger partial charge is 0.0408 e. The molecule has 0 amide bonds. The SMILES string of the molecule is C[C@H](NC1Cc2ccc(Cl)cc2C1)c1cccs1. The summed E-state index contributed by atoms with van der Waals surface area (Å²) < 4.78 is 0. The minimum absolute atomic E-state index is 0.430. The van der Waals surface area contributed by atoms with E-state index >= 15 is 0 Å². The monoisotopic (exact) mass is 277 g/mol. The van der Waals surface area contributed by atoms with Gasteiger partial charge in [-0.25, -0.2) is 0 Å². The number of rotatable bonds is 3. The van der Waals surface area contributed by atoms with E-state index in [4.69, 9.17) is 11.6 Å². The Kier molecular flexibility index (Phi) is 3.42. The highest BCUT2D eigenvalue weighted by Gasteiger charge is 2.23. The summed E-state index contributed by atoms with van der Waals surface area (Å²) in [6.45, 7) is 2.24. The summed E-state index contributed by atoms with van der Waals surface area (Å²) in [5, 5.41) is 6.70. The lowest BCUT2D eigenvalue weighted by Crippen LogP contribution is -2.31. The normalized spacial score (nSPS) is 19.8. The molecule has 1 heterocycles. The summed E-state index contributed by atoms with van der Waals surface area (Å²) in [6.07, 6.45) is 2.20. The molecule has 0 aliphatic heterocycles. The van der Waals surface area contributed by atoms with Crippen molar-refractivity contribution in [3.05, 3.63) is 56.7 Å². The first-order valence-corrected chi connectivity index (χ1v) is 7.55. The standard InChI is InChI=1S/C15H16ClNS/c1-10(15-3-2-6-18-15)17-14-8-11-4-5-13(16)7-12(11)9-14/h2-7,10,14,17H,8-9H2,1H3/t10-,14?/m0/s1. The number of nitrogens with one attached hydrogen (secondary N) is 1. The van der Waals surface area contributed by atoms with Crippen LogP contribution in [-0.2, 0) is 12.8 Å². The van der Waals surface area contributed by atoms with Gasteiger partial charge in [0.25, 0.3) is 0 Å². The van der Waals surface area contributed by atoms with Crippen LogP contribution in [0.25, 0.3) is 0 Å². The molecular formula is C15H16ClNS. The molecule has 2 aromatic rings. The van der Waals surface area contributed by atoms with Gasteiger partial charge in [0.2, 0.25) is 0 Å². The van der Waals surface area contributed by atoms with Gasteiger partial charge in [-0.15, -0.1) is 11.3 Å². The number of halogens is 1. The van der Waals surface area contributed by atoms with E-state index in [1.54, 1.807) is 0 Å². The predicted molar refractivity (Wildman–Crippen MR) is 78.5 cm³/mol. The number of thiophene rings is 1. The summed E-state index contributed by atoms with van der Waals surface area (Å²) in [4.78, 5) is 1.41. The van der Waals surface area contributed by atoms with Crippen molar-refractivity contribution < 1.29 is 0 Å². The van der Waals surface area contributed by atoms with Gasteiger partial charge < -0.3 is 5.32 Å². The van der Waals surface area contributed by atoms with Crippen molar-refractivity contribution in [3.8, 4) is 0 Å². The van der Waals surface area contributed by atoms with Gasteiger partial charge in [-0.3, -0.25) is 0 Å². The first-order chi connectivity index (χ1) is 8.72. The summed E-state index contributed by atoms with van der Waals surface area (Å²) in [7, 11) is 0. The summed E-state index contributed by atoms with van der Waals surface area (Å²) >= 11 is 7.86. The lowest BCUT2D eigenvalue weighted by Gasteiger charge is -2.18. The molecule has 1 aromatic heterocycles. The Labute approximate surface area is 117 Å². The Hall–Kier alpha value is -0.830. The largest absolute Gasteiger partial charge is 0.306 e. The predicted octanol–water partition coefficient (Wildman–Crippen LogP) is 4.22. The van der Waals surface area contributed by atoms with Crippen molar-refractivity contribution >= 4 is 22.9 Å². The minimum Gasteiger partial charge on any atom is -0.306 e. The van der Waals surface area contributed by atoms with Crippen LogP contribution in [-0.4, -0.2) is 6.04 Å². The van der Waals surface area contributed by atoms with Crippen LogP contribution in [0.2, 0.25) is 5.02 Å². The molecule has 2 atom stereocenters. The van der Waals surface area contributed by atoms with Crippen molar-refractivity contribution in [1.82, 2.24) is 5.32 Å². The summed E-state index contributed by atoms with van der Waals surface area (Å²) in [6, 6.07) is 11.5. The number of benzene rings is 1. The van der Waals surface area contributed by atoms with Crippen molar-refractivity contribution in [3.63, 3.8) is 0 Å². The molecule has 1 N–H and O–H groups in total. The van der Waals surface area contributed by atoms with Crippen LogP contribution in [0.15, 0.2) is 35.7 Å². The van der Waals surface area contributed by atoms with Gasteiger partial charge in [0.15, 0.2) is 0 Å². The fraction of sp³-hybridized carbons (Fsp3) is 0.333. The van der Waals surface area contributed by atoms with E-state index in [-0.39, 0.29) is 0 Å². The molecule has 0 radical (unpaired) electrons. The Morgan fingerprint density at radius 3 is 2.89 bits per heavy atom. The molecule has 3 rings (SSSR count). The Balaban J connectivity index is 1.67. The molecule has 1 unspecified atom stereocenters. The van der Waals surface area contributed by atoms with Gasteiger partial charge in [0, 0.05) is 22.0 Å². The van der Waals surface area contributed by atoms with Crippen LogP contribution in [0, 0.1) is 0 Å². The lowest BCUT2D eigenvalue weighted by molar-refractivity contribution is 0.472. The zero-order chi connectivity index (χ0) is 12.5. The van der Waals surface area contributed by atoms with Crippen molar-refractivity contribution in [2.45, 2.75) is 31.8 Å². The second-order valence-corrected chi connectivity index (χ2v) is 6.34. The molecule has 18 heavy (non-hydrogen) atoms. The summed E-state index contributed by atoms with van der Waals surface area (Å²) in [5.41, 5.74) is 2.84. The van der Waals surface area contributed by atoms with Crippen LogP contribution in [0.1, 0.15) is 29.0 Å². The molecule has 1 aromatic carbocycles. The first kappa shape index (κ1) is 12.2. The van der Waals surface area contributed by atoms with Crippen LogP contribution < -0.4 is 5.32 Å². The van der Waals surface area contributed by atoms with Gasteiger partial charge in [0.05, 0.1) is 0 Å². The second-order valence-electron chi connectivity index (χ2n) is 4.92. The van der Waals surface area contributed by atoms with Crippen LogP contribution in [0.4, 0.5) is 0 Å². The van der Waals surface area contributed by atoms with Gasteiger partial charge in [0.1, 0.15) is 0 Å². The first-order valence-electron chi connectivity index (χ1n) is 6.29. The van der Waals surface area contributed by atoms with Crippen LogP contribution >= 0.6 is 22.9 Å². The van der Waals surface area contributed by atoms with E-state index in [0.717, 1.165) is 17.9 Å². The third-order valence-corrected chi connectivity index (χ3v) is 4.85. The third-order valence-electron chi connectivity index (χ3n) is 3.56. The van der Waals surface area contributed by atoms with E-state index < -0.39 is 0 Å². The second kappa shape index (κ2) is 5.04. The maximum Gasteiger partial charge on any atom is 0.0408 e. The zero-order valence-electron chi connectivity index (χ0n) is 10.3. The lowest BCUT2D eigenvalue weighted by atomic mass is 10.1. The van der Waals surface area contributed by atoms with E-state index in [1.807, 2.05) is 17.4 Å². The van der Waals surface area contributed by atoms with Gasteiger partial charge in [-0.05, 0) is 54.5 Å². The maximum absolute atomic E-state index is 6.04. The molecule has 0 saturated heterocycles. The molecule has 1 aliphatic carbocycles. The number of fused-ring (bicyclic) bond motifs is 1. The van der Waals surface area contributed by atoms with E-state index in [1.165, 1.54) is 16.0 Å². The molecule has 0 spiro atoms. The molecule has 0 fully saturated rings. The highest BCUT2D eigenvalue weighted by atomic mass is 35.5. The fourth-order valence-electron chi connectivity index (χ4n) is 2.68. The van der Waals surface area contributed by atoms with E-state index in [2.05, 4.69) is 41.9 Å². The molecule has 1 nitrogen and oxygen atoms in total. The van der Waals surface area contributed by atoms with Crippen molar-refractivity contribution in [2.75, 3.05) is 0 Å². The average Bonchev–Trinajstić information content (AvgIpc) is 2.95. The molecule has 1 aliphatic rings. The maximum atomic E-state index is 6.04. The molecule has 0 bridgehead atoms. The average molecular weight is 278 g/mol. The van der Waals surface area contributed by atoms with Gasteiger partial charge >= 0.3 is 0 Å². The van der Waals surface area contributed by atoms with Gasteiger partial charge in [-0.1, -0.05) is 23.7 Å². The molecule has 0 saturated carbocycles. The van der Waals surface area contributed by atoms with E-state index in [9.17, 15) is 0 Å². The Bertz CT molecular complexity index is 535. The molecule has 94 valence electrons.